The van der Waals surface area contributed by atoms with E-state index in [1.807, 2.05) is 20.2 Å². The zero-order valence-electron chi connectivity index (χ0n) is 18.3. The Labute approximate surface area is 173 Å². The van der Waals surface area contributed by atoms with Crippen LogP contribution in [0, 0.1) is 6.92 Å². The summed E-state index contributed by atoms with van der Waals surface area (Å²) < 4.78 is 6.98. The van der Waals surface area contributed by atoms with Gasteiger partial charge < -0.3 is 19.6 Å². The number of carbonyl (C=O) groups is 1. The molecule has 2 aromatic rings. The lowest BCUT2D eigenvalue weighted by Crippen LogP contribution is -2.44. The first-order valence-corrected chi connectivity index (χ1v) is 10.5. The van der Waals surface area contributed by atoms with Crippen LogP contribution in [-0.4, -0.2) is 71.7 Å². The molecule has 0 unspecified atom stereocenters. The minimum absolute atomic E-state index is 0.363. The van der Waals surface area contributed by atoms with E-state index in [-0.39, 0.29) is 0 Å². The molecule has 7 nitrogen and oxygen atoms in total. The molecule has 1 heterocycles. The SMILES string of the molecule is CCN(c1c(C)c(C(=O)O)cc2c1cnn2C)C1CCC(N(C)CCOC)CC1. The highest BCUT2D eigenvalue weighted by Crippen LogP contribution is 2.37. The number of carboxylic acid groups (broad SMARTS) is 1. The van der Waals surface area contributed by atoms with Crippen molar-refractivity contribution in [3.63, 3.8) is 0 Å². The van der Waals surface area contributed by atoms with E-state index < -0.39 is 5.97 Å². The van der Waals surface area contributed by atoms with Gasteiger partial charge in [0.25, 0.3) is 0 Å². The molecule has 29 heavy (non-hydrogen) atoms. The van der Waals surface area contributed by atoms with Crippen LogP contribution in [0.5, 0.6) is 0 Å². The summed E-state index contributed by atoms with van der Waals surface area (Å²) in [5.41, 5.74) is 3.10. The summed E-state index contributed by atoms with van der Waals surface area (Å²) in [4.78, 5) is 16.7. The Morgan fingerprint density at radius 2 is 1.97 bits per heavy atom. The second-order valence-corrected chi connectivity index (χ2v) is 8.13. The number of likely N-dealkylation sites (N-methyl/N-ethyl adjacent to an activating group) is 1. The summed E-state index contributed by atoms with van der Waals surface area (Å²) >= 11 is 0. The zero-order valence-corrected chi connectivity index (χ0v) is 18.3. The van der Waals surface area contributed by atoms with E-state index in [1.165, 1.54) is 0 Å². The van der Waals surface area contributed by atoms with Crippen molar-refractivity contribution in [2.24, 2.45) is 7.05 Å². The van der Waals surface area contributed by atoms with Gasteiger partial charge in [0.2, 0.25) is 0 Å². The molecule has 0 amide bonds. The van der Waals surface area contributed by atoms with E-state index in [4.69, 9.17) is 4.74 Å². The normalized spacial score (nSPS) is 19.8. The summed E-state index contributed by atoms with van der Waals surface area (Å²) in [7, 11) is 5.79. The van der Waals surface area contributed by atoms with Crippen molar-refractivity contribution in [2.45, 2.75) is 51.6 Å². The molecule has 7 heteroatoms. The van der Waals surface area contributed by atoms with E-state index in [0.29, 0.717) is 17.6 Å². The number of aromatic carboxylic acids is 1. The molecule has 0 atom stereocenters. The van der Waals surface area contributed by atoms with Crippen molar-refractivity contribution in [2.75, 3.05) is 38.8 Å². The third kappa shape index (κ3) is 4.26. The van der Waals surface area contributed by atoms with Crippen LogP contribution in [0.3, 0.4) is 0 Å². The molecule has 0 spiro atoms. The molecule has 1 N–H and O–H groups in total. The maximum Gasteiger partial charge on any atom is 0.336 e. The van der Waals surface area contributed by atoms with Gasteiger partial charge in [0.05, 0.1) is 29.6 Å². The number of carboxylic acids is 1. The third-order valence-electron chi connectivity index (χ3n) is 6.52. The van der Waals surface area contributed by atoms with Gasteiger partial charge in [-0.2, -0.15) is 5.10 Å². The van der Waals surface area contributed by atoms with Gasteiger partial charge in [-0.1, -0.05) is 0 Å². The van der Waals surface area contributed by atoms with Crippen molar-refractivity contribution in [3.8, 4) is 0 Å². The molecule has 1 saturated carbocycles. The number of fused-ring (bicyclic) bond motifs is 1. The van der Waals surface area contributed by atoms with Crippen LogP contribution in [0.4, 0.5) is 5.69 Å². The lowest BCUT2D eigenvalue weighted by Gasteiger charge is -2.41. The van der Waals surface area contributed by atoms with Crippen molar-refractivity contribution < 1.29 is 14.6 Å². The Bertz CT molecular complexity index is 855. The number of ether oxygens (including phenoxy) is 1. The van der Waals surface area contributed by atoms with Gasteiger partial charge in [-0.05, 0) is 58.2 Å². The van der Waals surface area contributed by atoms with Crippen LogP contribution in [0.1, 0.15) is 48.5 Å². The molecule has 0 aliphatic heterocycles. The summed E-state index contributed by atoms with van der Waals surface area (Å²) in [5.74, 6) is -0.883. The number of anilines is 1. The monoisotopic (exact) mass is 402 g/mol. The number of rotatable bonds is 8. The quantitative estimate of drug-likeness (QED) is 0.731. The van der Waals surface area contributed by atoms with E-state index in [0.717, 1.165) is 67.5 Å². The van der Waals surface area contributed by atoms with Gasteiger partial charge >= 0.3 is 5.97 Å². The molecule has 0 bridgehead atoms. The van der Waals surface area contributed by atoms with E-state index in [2.05, 4.69) is 28.9 Å². The first-order valence-electron chi connectivity index (χ1n) is 10.5. The van der Waals surface area contributed by atoms with Crippen molar-refractivity contribution in [3.05, 3.63) is 23.4 Å². The van der Waals surface area contributed by atoms with Crippen LogP contribution >= 0.6 is 0 Å². The number of hydrogen-bond donors (Lipinski definition) is 1. The van der Waals surface area contributed by atoms with Crippen LogP contribution in [-0.2, 0) is 11.8 Å². The third-order valence-corrected chi connectivity index (χ3v) is 6.52. The van der Waals surface area contributed by atoms with E-state index in [1.54, 1.807) is 17.9 Å². The van der Waals surface area contributed by atoms with Crippen molar-refractivity contribution >= 4 is 22.6 Å². The summed E-state index contributed by atoms with van der Waals surface area (Å²) in [6, 6.07) is 2.75. The summed E-state index contributed by atoms with van der Waals surface area (Å²) in [6.07, 6.45) is 6.38. The molecule has 1 aromatic carbocycles. The second kappa shape index (κ2) is 9.13. The largest absolute Gasteiger partial charge is 0.478 e. The topological polar surface area (TPSA) is 70.8 Å². The summed E-state index contributed by atoms with van der Waals surface area (Å²) in [6.45, 7) is 6.66. The summed E-state index contributed by atoms with van der Waals surface area (Å²) in [5, 5.41) is 15.2. The number of methoxy groups -OCH3 is 1. The van der Waals surface area contributed by atoms with Gasteiger partial charge in [0, 0.05) is 44.7 Å². The Morgan fingerprint density at radius 3 is 2.55 bits per heavy atom. The van der Waals surface area contributed by atoms with Crippen molar-refractivity contribution in [1.29, 1.82) is 0 Å². The molecule has 1 aliphatic carbocycles. The zero-order chi connectivity index (χ0) is 21.1. The minimum atomic E-state index is -0.883. The number of aromatic nitrogens is 2. The van der Waals surface area contributed by atoms with Gasteiger partial charge in [-0.15, -0.1) is 0 Å². The Kier molecular flexibility index (Phi) is 6.80. The van der Waals surface area contributed by atoms with Crippen LogP contribution in [0.2, 0.25) is 0 Å². The highest BCUT2D eigenvalue weighted by Gasteiger charge is 2.30. The van der Waals surface area contributed by atoms with Gasteiger partial charge in [-0.3, -0.25) is 4.68 Å². The number of aryl methyl sites for hydroxylation is 1. The number of nitrogens with zero attached hydrogens (tertiary/aromatic N) is 4. The molecule has 3 rings (SSSR count). The lowest BCUT2D eigenvalue weighted by molar-refractivity contribution is 0.0696. The second-order valence-electron chi connectivity index (χ2n) is 8.13. The van der Waals surface area contributed by atoms with Gasteiger partial charge in [0.1, 0.15) is 0 Å². The first kappa shape index (κ1) is 21.6. The molecule has 1 aliphatic rings. The fraction of sp³-hybridized carbons (Fsp3) is 0.636. The average Bonchev–Trinajstić information content (AvgIpc) is 3.08. The Morgan fingerprint density at radius 1 is 1.31 bits per heavy atom. The Balaban J connectivity index is 1.88. The predicted molar refractivity (Wildman–Crippen MR) is 116 cm³/mol. The predicted octanol–water partition coefficient (Wildman–Crippen LogP) is 3.30. The highest BCUT2D eigenvalue weighted by atomic mass is 16.5. The molecule has 0 radical (unpaired) electrons. The van der Waals surface area contributed by atoms with Crippen LogP contribution < -0.4 is 4.90 Å². The fourth-order valence-electron chi connectivity index (χ4n) is 4.79. The van der Waals surface area contributed by atoms with Crippen LogP contribution in [0.25, 0.3) is 10.9 Å². The maximum atomic E-state index is 11.9. The average molecular weight is 403 g/mol. The lowest BCUT2D eigenvalue weighted by atomic mass is 9.88. The standard InChI is InChI=1S/C22H34N4O3/c1-6-26(17-9-7-16(8-10-17)24(3)11-12-29-5)21-15(2)18(22(27)28)13-20-19(21)14-23-25(20)4/h13-14,16-17H,6-12H2,1-5H3,(H,27,28). The van der Waals surface area contributed by atoms with Crippen molar-refractivity contribution in [1.82, 2.24) is 14.7 Å². The van der Waals surface area contributed by atoms with E-state index >= 15 is 0 Å². The smallest absolute Gasteiger partial charge is 0.336 e. The molecule has 160 valence electrons. The number of benzene rings is 1. The minimum Gasteiger partial charge on any atom is -0.478 e. The molecular formula is C22H34N4O3. The number of hydrogen-bond acceptors (Lipinski definition) is 5. The molecule has 1 fully saturated rings. The fourth-order valence-corrected chi connectivity index (χ4v) is 4.79. The molecular weight excluding hydrogens is 368 g/mol. The van der Waals surface area contributed by atoms with Gasteiger partial charge in [0.15, 0.2) is 0 Å². The van der Waals surface area contributed by atoms with Crippen LogP contribution in [0.15, 0.2) is 12.3 Å². The van der Waals surface area contributed by atoms with Gasteiger partial charge in [-0.25, -0.2) is 4.79 Å². The molecule has 1 aromatic heterocycles. The highest BCUT2D eigenvalue weighted by molar-refractivity contribution is 6.02. The van der Waals surface area contributed by atoms with E-state index in [9.17, 15) is 9.90 Å². The Hall–Kier alpha value is -2.12. The maximum absolute atomic E-state index is 11.9. The molecule has 0 saturated heterocycles. The first-order chi connectivity index (χ1) is 13.9.